The third-order valence-electron chi connectivity index (χ3n) is 5.09. The number of fused-ring (bicyclic) bond motifs is 1. The Morgan fingerprint density at radius 2 is 2.00 bits per heavy atom. The second-order valence-electron chi connectivity index (χ2n) is 7.16. The van der Waals surface area contributed by atoms with Gasteiger partial charge in [0.2, 0.25) is 0 Å². The molecule has 0 fully saturated rings. The number of rotatable bonds is 8. The van der Waals surface area contributed by atoms with Gasteiger partial charge in [-0.15, -0.1) is 0 Å². The number of hydrogen-bond acceptors (Lipinski definition) is 5. The van der Waals surface area contributed by atoms with Crippen molar-refractivity contribution in [1.29, 1.82) is 0 Å². The molecule has 160 valence electrons. The fourth-order valence-electron chi connectivity index (χ4n) is 3.53. The SMILES string of the molecule is CNc1cc(F)cc2c1CC(=O)C(C(=O)Cc1ccc(C(=O)O)cc1/C=C/CCO)=C2. The van der Waals surface area contributed by atoms with E-state index in [-0.39, 0.29) is 36.4 Å². The van der Waals surface area contributed by atoms with Crippen LogP contribution >= 0.6 is 0 Å². The summed E-state index contributed by atoms with van der Waals surface area (Å²) in [5.74, 6) is -2.34. The first-order valence-electron chi connectivity index (χ1n) is 9.76. The van der Waals surface area contributed by atoms with Crippen LogP contribution < -0.4 is 5.32 Å². The molecule has 1 aliphatic carbocycles. The van der Waals surface area contributed by atoms with Crippen molar-refractivity contribution in [3.63, 3.8) is 0 Å². The molecule has 2 aromatic rings. The van der Waals surface area contributed by atoms with Gasteiger partial charge in [-0.1, -0.05) is 18.2 Å². The number of aliphatic hydroxyl groups is 1. The predicted molar refractivity (Wildman–Crippen MR) is 115 cm³/mol. The lowest BCUT2D eigenvalue weighted by molar-refractivity contribution is -0.120. The van der Waals surface area contributed by atoms with Gasteiger partial charge in [0.25, 0.3) is 0 Å². The van der Waals surface area contributed by atoms with E-state index in [0.717, 1.165) is 0 Å². The first kappa shape index (κ1) is 22.1. The van der Waals surface area contributed by atoms with E-state index in [2.05, 4.69) is 5.32 Å². The lowest BCUT2D eigenvalue weighted by Crippen LogP contribution is -2.21. The van der Waals surface area contributed by atoms with Crippen molar-refractivity contribution in [3.8, 4) is 0 Å². The van der Waals surface area contributed by atoms with Crippen LogP contribution in [0.25, 0.3) is 12.2 Å². The van der Waals surface area contributed by atoms with Crippen molar-refractivity contribution in [2.45, 2.75) is 19.3 Å². The Balaban J connectivity index is 1.95. The maximum atomic E-state index is 13.9. The van der Waals surface area contributed by atoms with Crippen LogP contribution in [0.3, 0.4) is 0 Å². The summed E-state index contributed by atoms with van der Waals surface area (Å²) in [5, 5.41) is 21.1. The fourth-order valence-corrected chi connectivity index (χ4v) is 3.53. The number of allylic oxidation sites excluding steroid dienone is 1. The Bertz CT molecular complexity index is 1120. The van der Waals surface area contributed by atoms with Gasteiger partial charge in [-0.25, -0.2) is 9.18 Å². The van der Waals surface area contributed by atoms with Crippen LogP contribution in [0.1, 0.15) is 39.0 Å². The zero-order valence-corrected chi connectivity index (χ0v) is 16.9. The number of aromatic carboxylic acids is 1. The molecule has 0 saturated heterocycles. The van der Waals surface area contributed by atoms with Crippen LogP contribution in [0, 0.1) is 5.82 Å². The second kappa shape index (κ2) is 9.49. The maximum absolute atomic E-state index is 13.9. The number of carbonyl (C=O) groups excluding carboxylic acids is 2. The van der Waals surface area contributed by atoms with Gasteiger partial charge < -0.3 is 15.5 Å². The molecule has 6 nitrogen and oxygen atoms in total. The highest BCUT2D eigenvalue weighted by atomic mass is 19.1. The number of Topliss-reactive ketones (excluding diaryl/α,β-unsaturated/α-hetero) is 2. The quantitative estimate of drug-likeness (QED) is 0.563. The summed E-state index contributed by atoms with van der Waals surface area (Å²) in [6, 6.07) is 6.98. The highest BCUT2D eigenvalue weighted by Crippen LogP contribution is 2.30. The van der Waals surface area contributed by atoms with Gasteiger partial charge >= 0.3 is 5.97 Å². The highest BCUT2D eigenvalue weighted by molar-refractivity contribution is 6.25. The number of halogens is 1. The van der Waals surface area contributed by atoms with Gasteiger partial charge in [0.05, 0.1) is 11.1 Å². The molecule has 0 saturated carbocycles. The van der Waals surface area contributed by atoms with Crippen LogP contribution in [-0.4, -0.2) is 41.4 Å². The summed E-state index contributed by atoms with van der Waals surface area (Å²) in [6.07, 6.45) is 5.00. The van der Waals surface area contributed by atoms with Crippen LogP contribution in [0.2, 0.25) is 0 Å². The number of carboxylic acid groups (broad SMARTS) is 1. The van der Waals surface area contributed by atoms with Crippen LogP contribution in [0.5, 0.6) is 0 Å². The maximum Gasteiger partial charge on any atom is 0.335 e. The number of aliphatic hydroxyl groups excluding tert-OH is 1. The van der Waals surface area contributed by atoms with E-state index in [1.807, 2.05) is 0 Å². The fraction of sp³-hybridized carbons (Fsp3) is 0.208. The zero-order valence-electron chi connectivity index (χ0n) is 16.9. The Morgan fingerprint density at radius 1 is 1.23 bits per heavy atom. The van der Waals surface area contributed by atoms with E-state index in [4.69, 9.17) is 5.11 Å². The molecule has 0 aliphatic heterocycles. The Labute approximate surface area is 178 Å². The topological polar surface area (TPSA) is 104 Å². The zero-order chi connectivity index (χ0) is 22.5. The number of hydrogen-bond donors (Lipinski definition) is 3. The number of nitrogens with one attached hydrogen (secondary N) is 1. The number of benzene rings is 2. The smallest absolute Gasteiger partial charge is 0.335 e. The summed E-state index contributed by atoms with van der Waals surface area (Å²) in [7, 11) is 1.64. The first-order chi connectivity index (χ1) is 14.8. The molecular weight excluding hydrogens is 401 g/mol. The number of carboxylic acids is 1. The first-order valence-corrected chi connectivity index (χ1v) is 9.76. The van der Waals surface area contributed by atoms with Crippen LogP contribution in [-0.2, 0) is 22.4 Å². The summed E-state index contributed by atoms with van der Waals surface area (Å²) < 4.78 is 13.9. The van der Waals surface area contributed by atoms with Gasteiger partial charge in [0.15, 0.2) is 11.6 Å². The van der Waals surface area contributed by atoms with Gasteiger partial charge in [0, 0.05) is 32.2 Å². The van der Waals surface area contributed by atoms with E-state index in [1.54, 1.807) is 25.3 Å². The standard InChI is InChI=1S/C24H22FNO5/c1-26-21-12-18(25)9-17-10-20(23(29)13-19(17)21)22(28)11-15-5-6-16(24(30)31)8-14(15)4-2-3-7-27/h2,4-6,8-10,12,26-27H,3,7,11,13H2,1H3,(H,30,31)/b4-2+. The lowest BCUT2D eigenvalue weighted by atomic mass is 9.86. The average molecular weight is 423 g/mol. The molecule has 0 radical (unpaired) electrons. The molecule has 0 spiro atoms. The molecule has 31 heavy (non-hydrogen) atoms. The van der Waals surface area contributed by atoms with Crippen molar-refractivity contribution in [2.75, 3.05) is 19.0 Å². The molecule has 1 aliphatic rings. The number of carbonyl (C=O) groups is 3. The van der Waals surface area contributed by atoms with Crippen molar-refractivity contribution < 1.29 is 29.0 Å². The number of ketones is 2. The minimum atomic E-state index is -1.10. The van der Waals surface area contributed by atoms with E-state index < -0.39 is 17.6 Å². The summed E-state index contributed by atoms with van der Waals surface area (Å²) in [5.41, 5.74) is 2.77. The summed E-state index contributed by atoms with van der Waals surface area (Å²) >= 11 is 0. The third kappa shape index (κ3) is 4.95. The van der Waals surface area contributed by atoms with Crippen molar-refractivity contribution in [2.24, 2.45) is 0 Å². The monoisotopic (exact) mass is 423 g/mol. The molecule has 2 aromatic carbocycles. The van der Waals surface area contributed by atoms with E-state index in [9.17, 15) is 23.9 Å². The van der Waals surface area contributed by atoms with Gasteiger partial charge in [0.1, 0.15) is 5.82 Å². The Morgan fingerprint density at radius 3 is 2.68 bits per heavy atom. The van der Waals surface area contributed by atoms with Gasteiger partial charge in [-0.2, -0.15) is 0 Å². The van der Waals surface area contributed by atoms with E-state index in [0.29, 0.717) is 34.4 Å². The molecule has 0 atom stereocenters. The van der Waals surface area contributed by atoms with Gasteiger partial charge in [-0.05, 0) is 59.0 Å². The minimum Gasteiger partial charge on any atom is -0.478 e. The predicted octanol–water partition coefficient (Wildman–Crippen LogP) is 3.28. The summed E-state index contributed by atoms with van der Waals surface area (Å²) in [4.78, 5) is 36.9. The largest absolute Gasteiger partial charge is 0.478 e. The summed E-state index contributed by atoms with van der Waals surface area (Å²) in [6.45, 7) is -0.0602. The molecule has 0 heterocycles. The normalized spacial score (nSPS) is 13.1. The molecule has 0 unspecified atom stereocenters. The molecular formula is C24H22FNO5. The molecule has 0 amide bonds. The molecule has 0 aromatic heterocycles. The minimum absolute atomic E-state index is 0.00671. The van der Waals surface area contributed by atoms with Gasteiger partial charge in [-0.3, -0.25) is 9.59 Å². The van der Waals surface area contributed by atoms with E-state index in [1.165, 1.54) is 30.3 Å². The van der Waals surface area contributed by atoms with Crippen molar-refractivity contribution in [1.82, 2.24) is 0 Å². The number of anilines is 1. The Kier molecular flexibility index (Phi) is 6.77. The highest BCUT2D eigenvalue weighted by Gasteiger charge is 2.26. The molecule has 0 bridgehead atoms. The van der Waals surface area contributed by atoms with Crippen LogP contribution in [0.4, 0.5) is 10.1 Å². The molecule has 7 heteroatoms. The second-order valence-corrected chi connectivity index (χ2v) is 7.16. The van der Waals surface area contributed by atoms with Crippen LogP contribution in [0.15, 0.2) is 42.0 Å². The van der Waals surface area contributed by atoms with Crippen molar-refractivity contribution in [3.05, 3.63) is 75.6 Å². The lowest BCUT2D eigenvalue weighted by Gasteiger charge is -2.19. The Hall–Kier alpha value is -3.58. The van der Waals surface area contributed by atoms with Crippen molar-refractivity contribution >= 4 is 35.4 Å². The molecule has 3 N–H and O–H groups in total. The molecule has 3 rings (SSSR count). The van der Waals surface area contributed by atoms with E-state index >= 15 is 0 Å². The average Bonchev–Trinajstić information content (AvgIpc) is 2.74. The third-order valence-corrected chi connectivity index (χ3v) is 5.09.